The number of aromatic nitrogens is 1. The van der Waals surface area contributed by atoms with Crippen LogP contribution in [0.4, 0.5) is 5.69 Å². The van der Waals surface area contributed by atoms with Crippen molar-refractivity contribution in [1.29, 1.82) is 0 Å². The predicted molar refractivity (Wildman–Crippen MR) is 126 cm³/mol. The van der Waals surface area contributed by atoms with Crippen LogP contribution in [0.25, 0.3) is 10.9 Å². The first-order chi connectivity index (χ1) is 14.7. The van der Waals surface area contributed by atoms with Crippen molar-refractivity contribution in [1.82, 2.24) is 10.3 Å². The minimum atomic E-state index is -0.217. The van der Waals surface area contributed by atoms with E-state index in [0.717, 1.165) is 22.1 Å². The van der Waals surface area contributed by atoms with Gasteiger partial charge in [-0.1, -0.05) is 58.4 Å². The fourth-order valence-corrected chi connectivity index (χ4v) is 3.60. The number of aliphatic imine (C=N–C) groups is 1. The maximum absolute atomic E-state index is 12.7. The Hall–Kier alpha value is -3.38. The summed E-state index contributed by atoms with van der Waals surface area (Å²) in [6.45, 7) is 0.537. The molecule has 0 aliphatic carbocycles. The molecular formula is C24H21BrN4O. The third kappa shape index (κ3) is 4.96. The summed E-state index contributed by atoms with van der Waals surface area (Å²) in [6.07, 6.45) is 2.78. The fraction of sp³-hybridized carbons (Fsp3) is 0.0833. The molecule has 0 spiro atoms. The first-order valence-corrected chi connectivity index (χ1v) is 10.5. The zero-order valence-corrected chi connectivity index (χ0v) is 17.8. The van der Waals surface area contributed by atoms with Crippen molar-refractivity contribution in [3.8, 4) is 0 Å². The van der Waals surface area contributed by atoms with E-state index in [2.05, 4.69) is 48.7 Å². The molecule has 0 aliphatic heterocycles. The number of rotatable bonds is 5. The number of nitrogens with zero attached hydrogens (tertiary/aromatic N) is 1. The molecule has 0 unspecified atom stereocenters. The van der Waals surface area contributed by atoms with Gasteiger partial charge in [-0.3, -0.25) is 15.1 Å². The van der Waals surface area contributed by atoms with E-state index in [9.17, 15) is 4.79 Å². The lowest BCUT2D eigenvalue weighted by molar-refractivity contribution is 0.0977. The lowest BCUT2D eigenvalue weighted by Crippen LogP contribution is -2.36. The van der Waals surface area contributed by atoms with E-state index in [0.29, 0.717) is 18.1 Å². The zero-order chi connectivity index (χ0) is 20.8. The van der Waals surface area contributed by atoms with E-state index < -0.39 is 0 Å². The summed E-state index contributed by atoms with van der Waals surface area (Å²) in [5, 5.41) is 7.31. The van der Waals surface area contributed by atoms with E-state index in [-0.39, 0.29) is 5.91 Å². The van der Waals surface area contributed by atoms with Crippen molar-refractivity contribution in [2.24, 2.45) is 4.99 Å². The molecular weight excluding hydrogens is 440 g/mol. The van der Waals surface area contributed by atoms with Crippen LogP contribution in [0.15, 0.2) is 94.5 Å². The van der Waals surface area contributed by atoms with Gasteiger partial charge in [-0.2, -0.15) is 0 Å². The number of carbonyl (C=O) groups is 1. The molecule has 5 nitrogen and oxygen atoms in total. The molecule has 0 saturated heterocycles. The minimum absolute atomic E-state index is 0.217. The standard InChI is InChI=1S/C24H21BrN4O/c25-19-8-6-7-17(15-19)23(30)29-24(28-20-9-2-1-3-10-20)26-14-13-18-16-27-22-12-5-4-11-21(18)22/h1-12,15-16,27H,13-14H2,(H2,26,28,29,30). The van der Waals surface area contributed by atoms with Crippen LogP contribution < -0.4 is 10.6 Å². The maximum Gasteiger partial charge on any atom is 0.257 e. The van der Waals surface area contributed by atoms with Gasteiger partial charge >= 0.3 is 0 Å². The van der Waals surface area contributed by atoms with Crippen molar-refractivity contribution in [2.75, 3.05) is 11.9 Å². The Morgan fingerprint density at radius 3 is 2.60 bits per heavy atom. The molecule has 0 saturated carbocycles. The number of H-pyrrole nitrogens is 1. The van der Waals surface area contributed by atoms with Crippen LogP contribution in [0.3, 0.4) is 0 Å². The number of hydrogen-bond acceptors (Lipinski definition) is 2. The number of guanidine groups is 1. The number of carbonyl (C=O) groups excluding carboxylic acids is 1. The van der Waals surface area contributed by atoms with Gasteiger partial charge in [-0.05, 0) is 48.4 Å². The quantitative estimate of drug-likeness (QED) is 0.276. The SMILES string of the molecule is O=C(NC(=NCCc1c[nH]c2ccccc12)Nc1ccccc1)c1cccc(Br)c1. The number of benzene rings is 3. The van der Waals surface area contributed by atoms with E-state index in [4.69, 9.17) is 0 Å². The third-order valence-corrected chi connectivity index (χ3v) is 5.17. The highest BCUT2D eigenvalue weighted by Gasteiger charge is 2.10. The van der Waals surface area contributed by atoms with Crippen LogP contribution in [0.5, 0.6) is 0 Å². The summed E-state index contributed by atoms with van der Waals surface area (Å²) in [7, 11) is 0. The number of nitrogens with one attached hydrogen (secondary N) is 3. The summed E-state index contributed by atoms with van der Waals surface area (Å²) in [5.41, 5.74) is 3.73. The summed E-state index contributed by atoms with van der Waals surface area (Å²) in [5.74, 6) is 0.205. The molecule has 0 atom stereocenters. The lowest BCUT2D eigenvalue weighted by atomic mass is 10.1. The molecule has 0 fully saturated rings. The molecule has 3 aromatic carbocycles. The first-order valence-electron chi connectivity index (χ1n) is 9.67. The molecule has 1 aromatic heterocycles. The minimum Gasteiger partial charge on any atom is -0.361 e. The number of amides is 1. The highest BCUT2D eigenvalue weighted by atomic mass is 79.9. The highest BCUT2D eigenvalue weighted by Crippen LogP contribution is 2.18. The smallest absolute Gasteiger partial charge is 0.257 e. The van der Waals surface area contributed by atoms with Crippen LogP contribution in [-0.2, 0) is 6.42 Å². The molecule has 3 N–H and O–H groups in total. The number of hydrogen-bond donors (Lipinski definition) is 3. The van der Waals surface area contributed by atoms with Gasteiger partial charge in [0.05, 0.1) is 0 Å². The van der Waals surface area contributed by atoms with Crippen molar-refractivity contribution < 1.29 is 4.79 Å². The number of para-hydroxylation sites is 2. The number of fused-ring (bicyclic) bond motifs is 1. The fourth-order valence-electron chi connectivity index (χ4n) is 3.20. The molecule has 6 heteroatoms. The Bertz CT molecular complexity index is 1180. The second kappa shape index (κ2) is 9.41. The van der Waals surface area contributed by atoms with Crippen LogP contribution in [-0.4, -0.2) is 23.4 Å². The van der Waals surface area contributed by atoms with Gasteiger partial charge < -0.3 is 10.3 Å². The van der Waals surface area contributed by atoms with E-state index in [1.165, 1.54) is 10.9 Å². The van der Waals surface area contributed by atoms with Gasteiger partial charge in [-0.25, -0.2) is 0 Å². The Kier molecular flexibility index (Phi) is 6.25. The third-order valence-electron chi connectivity index (χ3n) is 4.68. The molecule has 4 rings (SSSR count). The number of anilines is 1. The molecule has 0 bridgehead atoms. The average Bonchev–Trinajstić information content (AvgIpc) is 3.17. The molecule has 4 aromatic rings. The van der Waals surface area contributed by atoms with Gasteiger partial charge in [0.15, 0.2) is 0 Å². The van der Waals surface area contributed by atoms with Crippen LogP contribution in [0, 0.1) is 0 Å². The summed E-state index contributed by atoms with van der Waals surface area (Å²) in [6, 6.07) is 25.1. The lowest BCUT2D eigenvalue weighted by Gasteiger charge is -2.12. The predicted octanol–water partition coefficient (Wildman–Crippen LogP) is 5.37. The summed E-state index contributed by atoms with van der Waals surface area (Å²) >= 11 is 3.41. The molecule has 1 heterocycles. The monoisotopic (exact) mass is 460 g/mol. The van der Waals surface area contributed by atoms with Gasteiger partial charge in [0.1, 0.15) is 0 Å². The van der Waals surface area contributed by atoms with E-state index in [1.807, 2.05) is 60.8 Å². The van der Waals surface area contributed by atoms with Gasteiger partial charge in [0.25, 0.3) is 5.91 Å². The normalized spacial score (nSPS) is 11.4. The molecule has 0 aliphatic rings. The van der Waals surface area contributed by atoms with Crippen molar-refractivity contribution in [3.63, 3.8) is 0 Å². The van der Waals surface area contributed by atoms with Crippen LogP contribution in [0.1, 0.15) is 15.9 Å². The van der Waals surface area contributed by atoms with Crippen LogP contribution >= 0.6 is 15.9 Å². The van der Waals surface area contributed by atoms with Gasteiger partial charge in [-0.15, -0.1) is 0 Å². The van der Waals surface area contributed by atoms with Gasteiger partial charge in [0, 0.05) is 39.4 Å². The molecule has 30 heavy (non-hydrogen) atoms. The van der Waals surface area contributed by atoms with E-state index in [1.54, 1.807) is 12.1 Å². The Morgan fingerprint density at radius 2 is 1.77 bits per heavy atom. The van der Waals surface area contributed by atoms with Crippen LogP contribution in [0.2, 0.25) is 0 Å². The Labute approximate surface area is 183 Å². The topological polar surface area (TPSA) is 69.3 Å². The van der Waals surface area contributed by atoms with Crippen molar-refractivity contribution in [3.05, 3.63) is 101 Å². The second-order valence-electron chi connectivity index (χ2n) is 6.80. The van der Waals surface area contributed by atoms with E-state index >= 15 is 0 Å². The molecule has 0 radical (unpaired) electrons. The Balaban J connectivity index is 1.51. The van der Waals surface area contributed by atoms with Gasteiger partial charge in [0.2, 0.25) is 5.96 Å². The average molecular weight is 461 g/mol. The summed E-state index contributed by atoms with van der Waals surface area (Å²) in [4.78, 5) is 20.6. The highest BCUT2D eigenvalue weighted by molar-refractivity contribution is 9.10. The first kappa shape index (κ1) is 19.9. The van der Waals surface area contributed by atoms with Crippen molar-refractivity contribution in [2.45, 2.75) is 6.42 Å². The van der Waals surface area contributed by atoms with Crippen molar-refractivity contribution >= 4 is 44.4 Å². The Morgan fingerprint density at radius 1 is 0.967 bits per heavy atom. The summed E-state index contributed by atoms with van der Waals surface area (Å²) < 4.78 is 0.851. The number of aromatic amines is 1. The zero-order valence-electron chi connectivity index (χ0n) is 16.2. The maximum atomic E-state index is 12.7. The molecule has 150 valence electrons. The number of halogens is 1. The second-order valence-corrected chi connectivity index (χ2v) is 7.71. The largest absolute Gasteiger partial charge is 0.361 e. The molecule has 1 amide bonds.